The van der Waals surface area contributed by atoms with Gasteiger partial charge in [0.05, 0.1) is 32.5 Å². The molecule has 23 heavy (non-hydrogen) atoms. The first kappa shape index (κ1) is 16.2. The molecular weight excluding hydrogens is 288 g/mol. The quantitative estimate of drug-likeness (QED) is 0.771. The zero-order valence-corrected chi connectivity index (χ0v) is 13.3. The van der Waals surface area contributed by atoms with Gasteiger partial charge in [0, 0.05) is 0 Å². The van der Waals surface area contributed by atoms with Crippen molar-refractivity contribution in [2.45, 2.75) is 25.7 Å². The molecule has 2 aromatic carbocycles. The van der Waals surface area contributed by atoms with Crippen LogP contribution in [0, 0.1) is 11.8 Å². The molecule has 1 N–H and O–H groups in total. The van der Waals surface area contributed by atoms with Crippen LogP contribution in [0.15, 0.2) is 60.7 Å². The largest absolute Gasteiger partial charge is 0.390 e. The van der Waals surface area contributed by atoms with Crippen LogP contribution in [0.5, 0.6) is 0 Å². The van der Waals surface area contributed by atoms with E-state index in [1.54, 1.807) is 0 Å². The minimum atomic E-state index is -0.385. The summed E-state index contributed by atoms with van der Waals surface area (Å²) in [5.41, 5.74) is 2.33. The fraction of sp³-hybridized carbons (Fsp3) is 0.400. The van der Waals surface area contributed by atoms with E-state index in [-0.39, 0.29) is 6.10 Å². The predicted molar refractivity (Wildman–Crippen MR) is 89.8 cm³/mol. The van der Waals surface area contributed by atoms with Gasteiger partial charge in [-0.2, -0.15) is 0 Å². The number of ether oxygens (including phenoxy) is 2. The molecule has 0 bridgehead atoms. The molecule has 0 amide bonds. The fourth-order valence-corrected chi connectivity index (χ4v) is 2.83. The summed E-state index contributed by atoms with van der Waals surface area (Å²) in [5.74, 6) is 0.788. The van der Waals surface area contributed by atoms with E-state index in [2.05, 4.69) is 12.1 Å². The lowest BCUT2D eigenvalue weighted by Gasteiger charge is -2.11. The second kappa shape index (κ2) is 8.25. The maximum atomic E-state index is 10.2. The Bertz CT molecular complexity index is 570. The smallest absolute Gasteiger partial charge is 0.0805 e. The van der Waals surface area contributed by atoms with Crippen molar-refractivity contribution in [2.24, 2.45) is 11.8 Å². The molecule has 3 rings (SSSR count). The molecule has 1 fully saturated rings. The van der Waals surface area contributed by atoms with E-state index in [4.69, 9.17) is 9.47 Å². The molecule has 0 aliphatic heterocycles. The molecule has 2 aromatic rings. The summed E-state index contributed by atoms with van der Waals surface area (Å²) < 4.78 is 11.4. The summed E-state index contributed by atoms with van der Waals surface area (Å²) in [6, 6.07) is 20.2. The van der Waals surface area contributed by atoms with Crippen LogP contribution in [-0.4, -0.2) is 24.4 Å². The first-order valence-electron chi connectivity index (χ1n) is 8.24. The molecule has 1 aliphatic carbocycles. The van der Waals surface area contributed by atoms with Crippen LogP contribution in [0.2, 0.25) is 0 Å². The summed E-state index contributed by atoms with van der Waals surface area (Å²) in [5, 5.41) is 10.2. The van der Waals surface area contributed by atoms with Crippen molar-refractivity contribution in [1.29, 1.82) is 0 Å². The van der Waals surface area contributed by atoms with Gasteiger partial charge in [0.2, 0.25) is 0 Å². The molecule has 0 spiro atoms. The predicted octanol–water partition coefficient (Wildman–Crippen LogP) is 3.42. The Morgan fingerprint density at radius 2 is 1.43 bits per heavy atom. The van der Waals surface area contributed by atoms with Crippen molar-refractivity contribution in [3.8, 4) is 0 Å². The van der Waals surface area contributed by atoms with Crippen LogP contribution in [0.3, 0.4) is 0 Å². The SMILES string of the molecule is O[C@H](COCc1ccccc1)[C@@H]1C[C@H]1COCc1ccccc1. The van der Waals surface area contributed by atoms with E-state index in [9.17, 15) is 5.11 Å². The number of aliphatic hydroxyl groups is 1. The molecular formula is C20H24O3. The monoisotopic (exact) mass is 312 g/mol. The van der Waals surface area contributed by atoms with Crippen molar-refractivity contribution in [3.63, 3.8) is 0 Å². The van der Waals surface area contributed by atoms with Gasteiger partial charge in [-0.1, -0.05) is 60.7 Å². The maximum Gasteiger partial charge on any atom is 0.0805 e. The highest BCUT2D eigenvalue weighted by atomic mass is 16.5. The number of hydrogen-bond acceptors (Lipinski definition) is 3. The van der Waals surface area contributed by atoms with Crippen molar-refractivity contribution < 1.29 is 14.6 Å². The minimum Gasteiger partial charge on any atom is -0.390 e. The number of rotatable bonds is 9. The molecule has 0 heterocycles. The van der Waals surface area contributed by atoms with Crippen LogP contribution >= 0.6 is 0 Å². The van der Waals surface area contributed by atoms with Crippen LogP contribution in [-0.2, 0) is 22.7 Å². The lowest BCUT2D eigenvalue weighted by molar-refractivity contribution is 0.0106. The zero-order valence-electron chi connectivity index (χ0n) is 13.3. The molecule has 3 atom stereocenters. The molecule has 3 nitrogen and oxygen atoms in total. The van der Waals surface area contributed by atoms with Gasteiger partial charge in [-0.05, 0) is 29.4 Å². The summed E-state index contributed by atoms with van der Waals surface area (Å²) in [6.45, 7) is 2.31. The topological polar surface area (TPSA) is 38.7 Å². The highest BCUT2D eigenvalue weighted by molar-refractivity contribution is 5.14. The third kappa shape index (κ3) is 5.17. The molecule has 1 aliphatic rings. The number of aliphatic hydroxyl groups excluding tert-OH is 1. The van der Waals surface area contributed by atoms with Gasteiger partial charge in [0.15, 0.2) is 0 Å². The Kier molecular flexibility index (Phi) is 5.81. The second-order valence-corrected chi connectivity index (χ2v) is 6.23. The van der Waals surface area contributed by atoms with Crippen LogP contribution < -0.4 is 0 Å². The van der Waals surface area contributed by atoms with Gasteiger partial charge < -0.3 is 14.6 Å². The Morgan fingerprint density at radius 1 is 0.870 bits per heavy atom. The Labute approximate surface area is 137 Å². The van der Waals surface area contributed by atoms with Crippen LogP contribution in [0.1, 0.15) is 17.5 Å². The van der Waals surface area contributed by atoms with E-state index in [1.165, 1.54) is 5.56 Å². The van der Waals surface area contributed by atoms with Crippen molar-refractivity contribution >= 4 is 0 Å². The van der Waals surface area contributed by atoms with E-state index in [0.717, 1.165) is 18.6 Å². The molecule has 0 radical (unpaired) electrons. The van der Waals surface area contributed by atoms with E-state index >= 15 is 0 Å². The summed E-state index contributed by atoms with van der Waals surface area (Å²) in [4.78, 5) is 0. The molecule has 3 heteroatoms. The summed E-state index contributed by atoms with van der Waals surface area (Å²) >= 11 is 0. The zero-order chi connectivity index (χ0) is 15.9. The minimum absolute atomic E-state index is 0.321. The Balaban J connectivity index is 1.29. The number of hydrogen-bond donors (Lipinski definition) is 1. The highest BCUT2D eigenvalue weighted by Gasteiger charge is 2.42. The lowest BCUT2D eigenvalue weighted by atomic mass is 10.2. The maximum absolute atomic E-state index is 10.2. The standard InChI is InChI=1S/C20H24O3/c21-20(15-23-13-17-9-5-2-6-10-17)19-11-18(19)14-22-12-16-7-3-1-4-8-16/h1-10,18-21H,11-15H2/t18-,19+,20+/m0/s1. The average molecular weight is 312 g/mol. The van der Waals surface area contributed by atoms with Gasteiger partial charge in [0.1, 0.15) is 0 Å². The Hall–Kier alpha value is -1.68. The van der Waals surface area contributed by atoms with Gasteiger partial charge >= 0.3 is 0 Å². The van der Waals surface area contributed by atoms with Crippen molar-refractivity contribution in [1.82, 2.24) is 0 Å². The van der Waals surface area contributed by atoms with E-state index < -0.39 is 0 Å². The molecule has 0 saturated heterocycles. The van der Waals surface area contributed by atoms with Crippen molar-refractivity contribution in [2.75, 3.05) is 13.2 Å². The van der Waals surface area contributed by atoms with E-state index in [1.807, 2.05) is 48.5 Å². The second-order valence-electron chi connectivity index (χ2n) is 6.23. The molecule has 122 valence electrons. The molecule has 1 saturated carbocycles. The summed E-state index contributed by atoms with van der Waals surface area (Å²) in [6.07, 6.45) is 0.647. The van der Waals surface area contributed by atoms with Gasteiger partial charge in [-0.15, -0.1) is 0 Å². The van der Waals surface area contributed by atoms with Crippen LogP contribution in [0.4, 0.5) is 0 Å². The molecule has 0 aromatic heterocycles. The Morgan fingerprint density at radius 3 is 2.04 bits per heavy atom. The lowest BCUT2D eigenvalue weighted by Crippen LogP contribution is -2.19. The first-order valence-corrected chi connectivity index (χ1v) is 8.24. The third-order valence-electron chi connectivity index (χ3n) is 4.32. The number of benzene rings is 2. The fourth-order valence-electron chi connectivity index (χ4n) is 2.83. The van der Waals surface area contributed by atoms with Crippen molar-refractivity contribution in [3.05, 3.63) is 71.8 Å². The van der Waals surface area contributed by atoms with Gasteiger partial charge in [-0.3, -0.25) is 0 Å². The highest BCUT2D eigenvalue weighted by Crippen LogP contribution is 2.41. The average Bonchev–Trinajstić information content (AvgIpc) is 3.36. The third-order valence-corrected chi connectivity index (χ3v) is 4.32. The summed E-state index contributed by atoms with van der Waals surface area (Å²) in [7, 11) is 0. The van der Waals surface area contributed by atoms with Gasteiger partial charge in [0.25, 0.3) is 0 Å². The van der Waals surface area contributed by atoms with Crippen LogP contribution in [0.25, 0.3) is 0 Å². The molecule has 0 unspecified atom stereocenters. The first-order chi connectivity index (χ1) is 11.3. The normalized spacial score (nSPS) is 21.1. The van der Waals surface area contributed by atoms with Gasteiger partial charge in [-0.25, -0.2) is 0 Å². The van der Waals surface area contributed by atoms with E-state index in [0.29, 0.717) is 31.7 Å².